The number of aromatic nitrogens is 2. The summed E-state index contributed by atoms with van der Waals surface area (Å²) in [6.07, 6.45) is -10.0. The lowest BCUT2D eigenvalue weighted by Crippen LogP contribution is -2.32. The highest BCUT2D eigenvalue weighted by Gasteiger charge is 2.38. The molecule has 176 valence electrons. The van der Waals surface area contributed by atoms with Gasteiger partial charge in [-0.1, -0.05) is 23.9 Å². The minimum absolute atomic E-state index is 0.0842. The third-order valence-corrected chi connectivity index (χ3v) is 5.34. The number of nitrogens with zero attached hydrogens (tertiary/aromatic N) is 2. The Labute approximate surface area is 187 Å². The summed E-state index contributed by atoms with van der Waals surface area (Å²) in [5.41, 5.74) is -4.68. The molecule has 1 aromatic heterocycles. The highest BCUT2D eigenvalue weighted by Crippen LogP contribution is 2.38. The van der Waals surface area contributed by atoms with E-state index in [1.165, 1.54) is 18.2 Å². The van der Waals surface area contributed by atoms with E-state index in [0.29, 0.717) is 22.4 Å². The molecule has 1 heterocycles. The second kappa shape index (κ2) is 9.08. The summed E-state index contributed by atoms with van der Waals surface area (Å²) in [6.45, 7) is 3.40. The van der Waals surface area contributed by atoms with Crippen LogP contribution in [-0.2, 0) is 17.1 Å². The number of amides is 1. The van der Waals surface area contributed by atoms with Crippen LogP contribution in [0.15, 0.2) is 52.4 Å². The van der Waals surface area contributed by atoms with Crippen molar-refractivity contribution >= 4 is 28.6 Å². The second-order valence-corrected chi connectivity index (χ2v) is 8.23. The fourth-order valence-corrected chi connectivity index (χ4v) is 3.86. The molecule has 2 aromatic carbocycles. The van der Waals surface area contributed by atoms with Crippen LogP contribution < -0.4 is 10.9 Å². The maximum Gasteiger partial charge on any atom is 0.418 e. The zero-order chi connectivity index (χ0) is 24.6. The normalized spacial score (nSPS) is 12.4. The topological polar surface area (TPSA) is 64.0 Å². The van der Waals surface area contributed by atoms with Crippen LogP contribution in [0.1, 0.15) is 25.0 Å². The van der Waals surface area contributed by atoms with Gasteiger partial charge in [0.1, 0.15) is 0 Å². The lowest BCUT2D eigenvalue weighted by Gasteiger charge is -2.19. The maximum atomic E-state index is 13.7. The first kappa shape index (κ1) is 24.6. The van der Waals surface area contributed by atoms with Crippen molar-refractivity contribution in [2.45, 2.75) is 37.4 Å². The van der Waals surface area contributed by atoms with Gasteiger partial charge in [0.15, 0.2) is 5.16 Å². The molecule has 0 saturated carbocycles. The van der Waals surface area contributed by atoms with Crippen molar-refractivity contribution < 1.29 is 31.1 Å². The molecule has 0 radical (unpaired) electrons. The third-order valence-electron chi connectivity index (χ3n) is 4.40. The van der Waals surface area contributed by atoms with E-state index < -0.39 is 40.6 Å². The van der Waals surface area contributed by atoms with Gasteiger partial charge in [-0.15, -0.1) is 0 Å². The quantitative estimate of drug-likeness (QED) is 0.310. The van der Waals surface area contributed by atoms with Gasteiger partial charge in [0.2, 0.25) is 5.91 Å². The zero-order valence-corrected chi connectivity index (χ0v) is 18.0. The van der Waals surface area contributed by atoms with Gasteiger partial charge in [-0.3, -0.25) is 14.2 Å². The van der Waals surface area contributed by atoms with Crippen LogP contribution in [0, 0.1) is 0 Å². The van der Waals surface area contributed by atoms with Gasteiger partial charge in [-0.05, 0) is 44.2 Å². The van der Waals surface area contributed by atoms with Gasteiger partial charge in [0, 0.05) is 6.04 Å². The van der Waals surface area contributed by atoms with E-state index in [2.05, 4.69) is 10.3 Å². The number of nitrogens with one attached hydrogen (secondary N) is 1. The molecule has 33 heavy (non-hydrogen) atoms. The average Bonchev–Trinajstić information content (AvgIpc) is 2.70. The molecule has 1 amide bonds. The number of thioether (sulfide) groups is 1. The number of carbonyl (C=O) groups excluding carboxylic acids is 1. The van der Waals surface area contributed by atoms with Gasteiger partial charge >= 0.3 is 12.4 Å². The number of hydrogen-bond donors (Lipinski definition) is 1. The standard InChI is InChI=1S/C21H17F6N3O2S/c1-11(2)28-17(31)10-33-19-29-15-6-4-3-5-13(15)18(32)30(19)16-9-12(20(22,23)24)7-8-14(16)21(25,26)27/h3-9,11H,10H2,1-2H3,(H,28,31). The Hall–Kier alpha value is -3.02. The molecular weight excluding hydrogens is 472 g/mol. The molecule has 0 aliphatic rings. The van der Waals surface area contributed by atoms with Crippen LogP contribution >= 0.6 is 11.8 Å². The number of fused-ring (bicyclic) bond motifs is 1. The molecule has 0 aliphatic carbocycles. The van der Waals surface area contributed by atoms with E-state index >= 15 is 0 Å². The molecule has 0 atom stereocenters. The molecule has 5 nitrogen and oxygen atoms in total. The minimum atomic E-state index is -5.05. The van der Waals surface area contributed by atoms with Crippen molar-refractivity contribution in [3.63, 3.8) is 0 Å². The van der Waals surface area contributed by atoms with Crippen molar-refractivity contribution in [3.8, 4) is 5.69 Å². The van der Waals surface area contributed by atoms with Gasteiger partial charge < -0.3 is 5.32 Å². The molecule has 1 N–H and O–H groups in total. The highest BCUT2D eigenvalue weighted by atomic mass is 32.2. The lowest BCUT2D eigenvalue weighted by molar-refractivity contribution is -0.141. The molecule has 0 saturated heterocycles. The summed E-state index contributed by atoms with van der Waals surface area (Å²) in [6, 6.07) is 6.37. The van der Waals surface area contributed by atoms with Gasteiger partial charge in [0.05, 0.1) is 33.5 Å². The van der Waals surface area contributed by atoms with Crippen molar-refractivity contribution in [2.24, 2.45) is 0 Å². The molecule has 0 unspecified atom stereocenters. The third kappa shape index (κ3) is 5.49. The summed E-state index contributed by atoms with van der Waals surface area (Å²) >= 11 is 0.645. The number of para-hydroxylation sites is 1. The second-order valence-electron chi connectivity index (χ2n) is 7.29. The van der Waals surface area contributed by atoms with Crippen LogP contribution in [0.5, 0.6) is 0 Å². The molecule has 0 aliphatic heterocycles. The Balaban J connectivity index is 2.30. The van der Waals surface area contributed by atoms with E-state index in [9.17, 15) is 35.9 Å². The Morgan fingerprint density at radius 2 is 1.73 bits per heavy atom. The number of hydrogen-bond acceptors (Lipinski definition) is 4. The summed E-state index contributed by atoms with van der Waals surface area (Å²) in [7, 11) is 0. The van der Waals surface area contributed by atoms with E-state index in [4.69, 9.17) is 0 Å². The molecule has 0 spiro atoms. The van der Waals surface area contributed by atoms with Crippen LogP contribution in [0.2, 0.25) is 0 Å². The van der Waals surface area contributed by atoms with Crippen molar-refractivity contribution in [1.29, 1.82) is 0 Å². The average molecular weight is 489 g/mol. The number of carbonyl (C=O) groups is 1. The molecular formula is C21H17F6N3O2S. The predicted molar refractivity (Wildman–Crippen MR) is 111 cm³/mol. The summed E-state index contributed by atoms with van der Waals surface area (Å²) in [4.78, 5) is 29.4. The van der Waals surface area contributed by atoms with Crippen LogP contribution in [0.3, 0.4) is 0 Å². The van der Waals surface area contributed by atoms with Crippen LogP contribution in [-0.4, -0.2) is 27.3 Å². The SMILES string of the molecule is CC(C)NC(=O)CSc1nc2ccccc2c(=O)n1-c1cc(C(F)(F)F)ccc1C(F)(F)F. The van der Waals surface area contributed by atoms with Crippen LogP contribution in [0.4, 0.5) is 26.3 Å². The van der Waals surface area contributed by atoms with E-state index in [1.807, 2.05) is 0 Å². The first-order chi connectivity index (χ1) is 15.3. The van der Waals surface area contributed by atoms with Gasteiger partial charge in [-0.2, -0.15) is 26.3 Å². The fourth-order valence-electron chi connectivity index (χ4n) is 3.05. The van der Waals surface area contributed by atoms with Crippen molar-refractivity contribution in [2.75, 3.05) is 5.75 Å². The van der Waals surface area contributed by atoms with Gasteiger partial charge in [0.25, 0.3) is 5.56 Å². The summed E-state index contributed by atoms with van der Waals surface area (Å²) in [5, 5.41) is 2.16. The number of halogens is 6. The van der Waals surface area contributed by atoms with Crippen molar-refractivity contribution in [1.82, 2.24) is 14.9 Å². The summed E-state index contributed by atoms with van der Waals surface area (Å²) in [5.74, 6) is -0.799. The molecule has 0 bridgehead atoms. The highest BCUT2D eigenvalue weighted by molar-refractivity contribution is 7.99. The maximum absolute atomic E-state index is 13.7. The molecule has 0 fully saturated rings. The Kier molecular flexibility index (Phi) is 6.78. The zero-order valence-electron chi connectivity index (χ0n) is 17.2. The van der Waals surface area contributed by atoms with E-state index in [-0.39, 0.29) is 40.0 Å². The molecule has 3 rings (SSSR count). The largest absolute Gasteiger partial charge is 0.418 e. The monoisotopic (exact) mass is 489 g/mol. The molecule has 3 aromatic rings. The first-order valence-electron chi connectivity index (χ1n) is 9.52. The first-order valence-corrected chi connectivity index (χ1v) is 10.5. The van der Waals surface area contributed by atoms with E-state index in [0.717, 1.165) is 0 Å². The number of rotatable bonds is 5. The van der Waals surface area contributed by atoms with Crippen molar-refractivity contribution in [3.05, 3.63) is 63.9 Å². The Morgan fingerprint density at radius 3 is 2.33 bits per heavy atom. The number of benzene rings is 2. The lowest BCUT2D eigenvalue weighted by atomic mass is 10.1. The smallest absolute Gasteiger partial charge is 0.353 e. The van der Waals surface area contributed by atoms with Crippen LogP contribution in [0.25, 0.3) is 16.6 Å². The van der Waals surface area contributed by atoms with E-state index in [1.54, 1.807) is 19.9 Å². The Bertz CT molecular complexity index is 1250. The fraction of sp³-hybridized carbons (Fsp3) is 0.286. The predicted octanol–water partition coefficient (Wildman–Crippen LogP) is 5.04. The van der Waals surface area contributed by atoms with Gasteiger partial charge in [-0.25, -0.2) is 4.98 Å². The summed E-state index contributed by atoms with van der Waals surface area (Å²) < 4.78 is 81.5. The number of alkyl halides is 6. The Morgan fingerprint density at radius 1 is 1.06 bits per heavy atom. The minimum Gasteiger partial charge on any atom is -0.353 e. The molecule has 12 heteroatoms.